The van der Waals surface area contributed by atoms with E-state index in [9.17, 15) is 13.2 Å². The predicted octanol–water partition coefficient (Wildman–Crippen LogP) is 3.46. The monoisotopic (exact) mass is 453 g/mol. The number of carbonyl (C=O) groups is 1. The molecule has 0 aliphatic heterocycles. The molecule has 3 aliphatic carbocycles. The summed E-state index contributed by atoms with van der Waals surface area (Å²) in [5.74, 6) is 0.707. The summed E-state index contributed by atoms with van der Waals surface area (Å²) in [6, 6.07) is 5.88. The molecule has 0 saturated heterocycles. The van der Waals surface area contributed by atoms with Gasteiger partial charge in [0.1, 0.15) is 11.5 Å². The van der Waals surface area contributed by atoms with Crippen LogP contribution in [0.25, 0.3) is 16.6 Å². The molecule has 1 unspecified atom stereocenters. The zero-order valence-electron chi connectivity index (χ0n) is 17.9. The Morgan fingerprint density at radius 2 is 2.12 bits per heavy atom. The lowest BCUT2D eigenvalue weighted by atomic mass is 9.90. The van der Waals surface area contributed by atoms with Gasteiger partial charge in [0, 0.05) is 30.0 Å². The van der Waals surface area contributed by atoms with Crippen LogP contribution in [0.2, 0.25) is 0 Å². The highest BCUT2D eigenvalue weighted by atomic mass is 32.2. The van der Waals surface area contributed by atoms with Gasteiger partial charge in [0.15, 0.2) is 0 Å². The van der Waals surface area contributed by atoms with Crippen LogP contribution < -0.4 is 10.0 Å². The van der Waals surface area contributed by atoms with E-state index in [-0.39, 0.29) is 29.0 Å². The molecule has 2 aromatic heterocycles. The summed E-state index contributed by atoms with van der Waals surface area (Å²) < 4.78 is 28.1. The average Bonchev–Trinajstić information content (AvgIpc) is 3.67. The number of hydrogen-bond donors (Lipinski definition) is 3. The van der Waals surface area contributed by atoms with Gasteiger partial charge < -0.3 is 10.3 Å². The molecule has 0 spiro atoms. The molecule has 9 heteroatoms. The van der Waals surface area contributed by atoms with E-state index in [2.05, 4.69) is 32.2 Å². The number of allylic oxidation sites excluding steroid dienone is 1. The van der Waals surface area contributed by atoms with Crippen LogP contribution >= 0.6 is 0 Å². The van der Waals surface area contributed by atoms with Crippen molar-refractivity contribution in [2.24, 2.45) is 11.3 Å². The molecule has 3 aliphatic rings. The maximum absolute atomic E-state index is 12.6. The second kappa shape index (κ2) is 8.01. The number of hydrogen-bond acceptors (Lipinski definition) is 5. The van der Waals surface area contributed by atoms with Crippen molar-refractivity contribution in [1.29, 1.82) is 5.26 Å². The number of nitriles is 1. The fourth-order valence-corrected chi connectivity index (χ4v) is 6.54. The zero-order valence-corrected chi connectivity index (χ0v) is 18.7. The molecule has 1 atom stereocenters. The molecule has 0 radical (unpaired) electrons. The summed E-state index contributed by atoms with van der Waals surface area (Å²) in [6.07, 6.45) is 9.76. The fourth-order valence-electron chi connectivity index (χ4n) is 4.54. The smallest absolute Gasteiger partial charge is 0.228 e. The highest BCUT2D eigenvalue weighted by Gasteiger charge is 2.46. The standard InChI is InChI=1S/C23H27N5O3S/c24-11-10-23(8-9-23)14-32(30,31)28-17-5-3-15(4-6-17)19-13-20(27-22(29)16-1-2-16)26-21-18(19)7-12-25-21/h3,7,12-13,16-17,28H,1-2,4-6,8-10,14H2,(H2,25,26,27,29). The van der Waals surface area contributed by atoms with E-state index in [1.54, 1.807) is 0 Å². The molecule has 8 nitrogen and oxygen atoms in total. The van der Waals surface area contributed by atoms with E-state index in [1.807, 2.05) is 18.3 Å². The molecule has 32 heavy (non-hydrogen) atoms. The van der Waals surface area contributed by atoms with Gasteiger partial charge in [-0.3, -0.25) is 4.79 Å². The first-order chi connectivity index (χ1) is 15.4. The summed E-state index contributed by atoms with van der Waals surface area (Å²) in [6.45, 7) is 0. The van der Waals surface area contributed by atoms with Crippen LogP contribution in [-0.4, -0.2) is 36.1 Å². The number of pyridine rings is 1. The Morgan fingerprint density at radius 1 is 1.31 bits per heavy atom. The number of nitrogens with one attached hydrogen (secondary N) is 3. The molecule has 2 saturated carbocycles. The maximum Gasteiger partial charge on any atom is 0.228 e. The van der Waals surface area contributed by atoms with E-state index in [0.29, 0.717) is 25.1 Å². The largest absolute Gasteiger partial charge is 0.346 e. The van der Waals surface area contributed by atoms with E-state index < -0.39 is 10.0 Å². The molecule has 2 aromatic rings. The van der Waals surface area contributed by atoms with Crippen molar-refractivity contribution < 1.29 is 13.2 Å². The summed E-state index contributed by atoms with van der Waals surface area (Å²) in [7, 11) is -3.42. The van der Waals surface area contributed by atoms with Crippen LogP contribution in [-0.2, 0) is 14.8 Å². The van der Waals surface area contributed by atoms with Crippen LogP contribution in [0.3, 0.4) is 0 Å². The number of sulfonamides is 1. The van der Waals surface area contributed by atoms with Gasteiger partial charge in [-0.2, -0.15) is 5.26 Å². The second-order valence-electron chi connectivity index (χ2n) is 9.47. The first kappa shape index (κ1) is 21.2. The van der Waals surface area contributed by atoms with Gasteiger partial charge in [-0.15, -0.1) is 0 Å². The Bertz CT molecular complexity index is 1230. The molecule has 168 valence electrons. The molecular formula is C23H27N5O3S. The van der Waals surface area contributed by atoms with Crippen LogP contribution in [0.4, 0.5) is 5.82 Å². The van der Waals surface area contributed by atoms with Gasteiger partial charge in [-0.25, -0.2) is 18.1 Å². The maximum atomic E-state index is 12.6. The first-order valence-corrected chi connectivity index (χ1v) is 12.9. The highest BCUT2D eigenvalue weighted by molar-refractivity contribution is 7.89. The van der Waals surface area contributed by atoms with Crippen molar-refractivity contribution in [3.05, 3.63) is 30.0 Å². The van der Waals surface area contributed by atoms with Crippen molar-refractivity contribution in [2.75, 3.05) is 11.1 Å². The number of nitrogens with zero attached hydrogens (tertiary/aromatic N) is 2. The second-order valence-corrected chi connectivity index (χ2v) is 11.2. The van der Waals surface area contributed by atoms with Crippen molar-refractivity contribution in [1.82, 2.24) is 14.7 Å². The molecule has 3 N–H and O–H groups in total. The first-order valence-electron chi connectivity index (χ1n) is 11.2. The Balaban J connectivity index is 1.30. The number of amides is 1. The minimum absolute atomic E-state index is 0.0197. The lowest BCUT2D eigenvalue weighted by Gasteiger charge is -2.24. The summed E-state index contributed by atoms with van der Waals surface area (Å²) >= 11 is 0. The highest BCUT2D eigenvalue weighted by Crippen LogP contribution is 2.49. The minimum Gasteiger partial charge on any atom is -0.346 e. The third kappa shape index (κ3) is 4.57. The van der Waals surface area contributed by atoms with Crippen LogP contribution in [0, 0.1) is 22.7 Å². The molecule has 2 fully saturated rings. The van der Waals surface area contributed by atoms with E-state index in [4.69, 9.17) is 5.26 Å². The number of carbonyl (C=O) groups excluding carboxylic acids is 1. The van der Waals surface area contributed by atoms with Gasteiger partial charge in [-0.05, 0) is 73.6 Å². The lowest BCUT2D eigenvalue weighted by molar-refractivity contribution is -0.117. The lowest BCUT2D eigenvalue weighted by Crippen LogP contribution is -2.39. The van der Waals surface area contributed by atoms with Crippen LogP contribution in [0.5, 0.6) is 0 Å². The summed E-state index contributed by atoms with van der Waals surface area (Å²) in [5, 5.41) is 12.9. The van der Waals surface area contributed by atoms with Gasteiger partial charge in [0.2, 0.25) is 15.9 Å². The Labute approximate surface area is 187 Å². The number of aromatic nitrogens is 2. The molecule has 0 aromatic carbocycles. The van der Waals surface area contributed by atoms with Gasteiger partial charge in [0.25, 0.3) is 0 Å². The Hall–Kier alpha value is -2.70. The Morgan fingerprint density at radius 3 is 2.78 bits per heavy atom. The molecule has 1 amide bonds. The fraction of sp³-hybridized carbons (Fsp3) is 0.522. The number of H-pyrrole nitrogens is 1. The Kier molecular flexibility index (Phi) is 5.30. The summed E-state index contributed by atoms with van der Waals surface area (Å²) in [4.78, 5) is 19.9. The van der Waals surface area contributed by atoms with E-state index in [1.165, 1.54) is 0 Å². The van der Waals surface area contributed by atoms with Crippen molar-refractivity contribution in [2.45, 2.75) is 57.4 Å². The van der Waals surface area contributed by atoms with Crippen molar-refractivity contribution in [3.63, 3.8) is 0 Å². The average molecular weight is 454 g/mol. The van der Waals surface area contributed by atoms with E-state index in [0.717, 1.165) is 54.3 Å². The minimum atomic E-state index is -3.42. The molecule has 0 bridgehead atoms. The van der Waals surface area contributed by atoms with Gasteiger partial charge >= 0.3 is 0 Å². The van der Waals surface area contributed by atoms with Crippen molar-refractivity contribution >= 4 is 38.4 Å². The number of anilines is 1. The third-order valence-corrected chi connectivity index (χ3v) is 8.42. The van der Waals surface area contributed by atoms with Crippen LogP contribution in [0.1, 0.15) is 56.9 Å². The predicted molar refractivity (Wildman–Crippen MR) is 122 cm³/mol. The van der Waals surface area contributed by atoms with Crippen LogP contribution in [0.15, 0.2) is 24.4 Å². The molecular weight excluding hydrogens is 426 g/mol. The van der Waals surface area contributed by atoms with Crippen molar-refractivity contribution in [3.8, 4) is 6.07 Å². The van der Waals surface area contributed by atoms with E-state index >= 15 is 0 Å². The zero-order chi connectivity index (χ0) is 22.3. The number of rotatable bonds is 8. The van der Waals surface area contributed by atoms with Gasteiger partial charge in [-0.1, -0.05) is 6.08 Å². The third-order valence-electron chi connectivity index (χ3n) is 6.74. The topological polar surface area (TPSA) is 128 Å². The number of fused-ring (bicyclic) bond motifs is 1. The normalized spacial score (nSPS) is 22.2. The SMILES string of the molecule is N#CCC1(CS(=O)(=O)NC2CC=C(c3cc(NC(=O)C4CC4)nc4[nH]ccc34)CC2)CC1. The quantitative estimate of drug-likeness (QED) is 0.564. The number of aromatic amines is 1. The summed E-state index contributed by atoms with van der Waals surface area (Å²) in [5.41, 5.74) is 2.55. The van der Waals surface area contributed by atoms with Gasteiger partial charge in [0.05, 0.1) is 11.8 Å². The molecule has 2 heterocycles. The molecule has 5 rings (SSSR count).